The molecular formula is C23H23N3S. The highest BCUT2D eigenvalue weighted by atomic mass is 32.1. The summed E-state index contributed by atoms with van der Waals surface area (Å²) in [5, 5.41) is 6.75. The Morgan fingerprint density at radius 3 is 2.41 bits per heavy atom. The van der Waals surface area contributed by atoms with Gasteiger partial charge < -0.3 is 5.32 Å². The lowest BCUT2D eigenvalue weighted by Crippen LogP contribution is -1.96. The molecular weight excluding hydrogens is 350 g/mol. The van der Waals surface area contributed by atoms with Crippen molar-refractivity contribution >= 4 is 33.1 Å². The summed E-state index contributed by atoms with van der Waals surface area (Å²) in [5.74, 6) is 1.39. The van der Waals surface area contributed by atoms with E-state index >= 15 is 0 Å². The third-order valence-electron chi connectivity index (χ3n) is 5.03. The number of nitrogens with zero attached hydrogens (tertiary/aromatic N) is 2. The van der Waals surface area contributed by atoms with Crippen LogP contribution >= 0.6 is 11.3 Å². The van der Waals surface area contributed by atoms with Crippen LogP contribution in [-0.2, 0) is 0 Å². The second kappa shape index (κ2) is 7.12. The van der Waals surface area contributed by atoms with Gasteiger partial charge in [0.1, 0.15) is 17.0 Å². The van der Waals surface area contributed by atoms with Gasteiger partial charge in [0.05, 0.1) is 5.39 Å². The average molecular weight is 374 g/mol. The maximum Gasteiger partial charge on any atom is 0.143 e. The van der Waals surface area contributed by atoms with E-state index < -0.39 is 0 Å². The van der Waals surface area contributed by atoms with Crippen molar-refractivity contribution in [1.82, 2.24) is 9.97 Å². The molecule has 0 saturated carbocycles. The fourth-order valence-electron chi connectivity index (χ4n) is 3.19. The number of hydrogen-bond donors (Lipinski definition) is 1. The fourth-order valence-corrected chi connectivity index (χ4v) is 4.10. The van der Waals surface area contributed by atoms with Crippen molar-refractivity contribution in [3.8, 4) is 11.1 Å². The molecule has 0 aliphatic carbocycles. The smallest absolute Gasteiger partial charge is 0.143 e. The van der Waals surface area contributed by atoms with Crippen molar-refractivity contribution in [1.29, 1.82) is 0 Å². The number of nitrogens with one attached hydrogen (secondary N) is 1. The number of thiophene rings is 1. The van der Waals surface area contributed by atoms with Gasteiger partial charge in [0.15, 0.2) is 0 Å². The lowest BCUT2D eigenvalue weighted by molar-refractivity contribution is 0.867. The molecule has 2 aromatic heterocycles. The molecule has 0 bridgehead atoms. The van der Waals surface area contributed by atoms with Crippen LogP contribution in [0, 0.1) is 13.8 Å². The average Bonchev–Trinajstić information content (AvgIpc) is 3.10. The van der Waals surface area contributed by atoms with Crippen LogP contribution in [0.1, 0.15) is 36.5 Å². The van der Waals surface area contributed by atoms with Crippen molar-refractivity contribution in [3.63, 3.8) is 0 Å². The number of fused-ring (bicyclic) bond motifs is 1. The summed E-state index contributed by atoms with van der Waals surface area (Å²) in [6.07, 6.45) is 1.63. The molecule has 3 nitrogen and oxygen atoms in total. The number of aryl methyl sites for hydroxylation is 2. The quantitative estimate of drug-likeness (QED) is 0.425. The zero-order chi connectivity index (χ0) is 19.0. The first-order chi connectivity index (χ1) is 13.0. The zero-order valence-electron chi connectivity index (χ0n) is 16.1. The minimum atomic E-state index is 0.531. The highest BCUT2D eigenvalue weighted by molar-refractivity contribution is 7.17. The monoisotopic (exact) mass is 373 g/mol. The van der Waals surface area contributed by atoms with E-state index in [-0.39, 0.29) is 0 Å². The standard InChI is InChI=1S/C23H23N3S/c1-14(2)17-6-8-18(9-7-17)20-12-27-23-21(20)22(24-13-25-23)26-19-10-5-15(3)16(4)11-19/h5-14H,1-4H3,(H,24,25,26). The number of aromatic nitrogens is 2. The Kier molecular flexibility index (Phi) is 4.66. The van der Waals surface area contributed by atoms with Gasteiger partial charge in [-0.3, -0.25) is 0 Å². The molecule has 0 aliphatic heterocycles. The minimum absolute atomic E-state index is 0.531. The zero-order valence-corrected chi connectivity index (χ0v) is 16.9. The molecule has 4 aromatic rings. The van der Waals surface area contributed by atoms with Gasteiger partial charge in [-0.2, -0.15) is 0 Å². The van der Waals surface area contributed by atoms with Crippen LogP contribution in [-0.4, -0.2) is 9.97 Å². The van der Waals surface area contributed by atoms with Gasteiger partial charge in [-0.15, -0.1) is 11.3 Å². The molecule has 0 amide bonds. The predicted octanol–water partition coefficient (Wildman–Crippen LogP) is 6.84. The van der Waals surface area contributed by atoms with Gasteiger partial charge >= 0.3 is 0 Å². The highest BCUT2D eigenvalue weighted by Gasteiger charge is 2.14. The van der Waals surface area contributed by atoms with Crippen molar-refractivity contribution in [2.45, 2.75) is 33.6 Å². The van der Waals surface area contributed by atoms with Crippen LogP contribution < -0.4 is 5.32 Å². The van der Waals surface area contributed by atoms with E-state index in [4.69, 9.17) is 0 Å². The summed E-state index contributed by atoms with van der Waals surface area (Å²) in [5.41, 5.74) is 7.32. The highest BCUT2D eigenvalue weighted by Crippen LogP contribution is 2.37. The van der Waals surface area contributed by atoms with Gasteiger partial charge in [-0.05, 0) is 54.2 Å². The first-order valence-corrected chi connectivity index (χ1v) is 10.1. The second-order valence-electron chi connectivity index (χ2n) is 7.25. The molecule has 136 valence electrons. The third kappa shape index (κ3) is 3.45. The molecule has 0 spiro atoms. The Bertz CT molecular complexity index is 1090. The van der Waals surface area contributed by atoms with Gasteiger partial charge in [-0.25, -0.2) is 9.97 Å². The Morgan fingerprint density at radius 2 is 1.70 bits per heavy atom. The number of hydrogen-bond acceptors (Lipinski definition) is 4. The molecule has 0 atom stereocenters. The van der Waals surface area contributed by atoms with E-state index in [1.54, 1.807) is 17.7 Å². The summed E-state index contributed by atoms with van der Waals surface area (Å²) >= 11 is 1.66. The van der Waals surface area contributed by atoms with Crippen LogP contribution in [0.3, 0.4) is 0 Å². The van der Waals surface area contributed by atoms with Gasteiger partial charge in [0.2, 0.25) is 0 Å². The van der Waals surface area contributed by atoms with Crippen molar-refractivity contribution < 1.29 is 0 Å². The van der Waals surface area contributed by atoms with Crippen LogP contribution in [0.4, 0.5) is 11.5 Å². The molecule has 0 saturated heterocycles. The van der Waals surface area contributed by atoms with Crippen molar-refractivity contribution in [2.75, 3.05) is 5.32 Å². The van der Waals surface area contributed by atoms with Crippen LogP contribution in [0.25, 0.3) is 21.3 Å². The van der Waals surface area contributed by atoms with Crippen LogP contribution in [0.15, 0.2) is 54.2 Å². The van der Waals surface area contributed by atoms with Crippen molar-refractivity contribution in [3.05, 3.63) is 70.9 Å². The first kappa shape index (κ1) is 17.7. The molecule has 4 rings (SSSR count). The lowest BCUT2D eigenvalue weighted by Gasteiger charge is -2.11. The van der Waals surface area contributed by atoms with Crippen LogP contribution in [0.2, 0.25) is 0 Å². The summed E-state index contributed by atoms with van der Waals surface area (Å²) in [6, 6.07) is 15.2. The summed E-state index contributed by atoms with van der Waals surface area (Å²) in [4.78, 5) is 10.0. The van der Waals surface area contributed by atoms with E-state index in [9.17, 15) is 0 Å². The maximum absolute atomic E-state index is 4.54. The lowest BCUT2D eigenvalue weighted by atomic mass is 9.99. The first-order valence-electron chi connectivity index (χ1n) is 9.19. The fraction of sp³-hybridized carbons (Fsp3) is 0.217. The Hall–Kier alpha value is -2.72. The molecule has 0 unspecified atom stereocenters. The van der Waals surface area contributed by atoms with E-state index in [1.165, 1.54) is 27.8 Å². The number of benzene rings is 2. The normalized spacial score (nSPS) is 11.3. The van der Waals surface area contributed by atoms with E-state index in [1.807, 2.05) is 0 Å². The Labute approximate surface area is 164 Å². The minimum Gasteiger partial charge on any atom is -0.340 e. The molecule has 0 radical (unpaired) electrons. The molecule has 1 N–H and O–H groups in total. The van der Waals surface area contributed by atoms with Crippen LogP contribution in [0.5, 0.6) is 0 Å². The summed E-state index contributed by atoms with van der Waals surface area (Å²) in [6.45, 7) is 8.69. The van der Waals surface area contributed by atoms with E-state index in [2.05, 4.69) is 90.8 Å². The summed E-state index contributed by atoms with van der Waals surface area (Å²) < 4.78 is 0. The molecule has 2 heterocycles. The van der Waals surface area contributed by atoms with E-state index in [0.717, 1.165) is 21.7 Å². The molecule has 4 heteroatoms. The van der Waals surface area contributed by atoms with Crippen molar-refractivity contribution in [2.24, 2.45) is 0 Å². The van der Waals surface area contributed by atoms with Gasteiger partial charge in [-0.1, -0.05) is 44.2 Å². The Morgan fingerprint density at radius 1 is 0.926 bits per heavy atom. The molecule has 2 aromatic carbocycles. The predicted molar refractivity (Wildman–Crippen MR) is 116 cm³/mol. The van der Waals surface area contributed by atoms with E-state index in [0.29, 0.717) is 5.92 Å². The topological polar surface area (TPSA) is 37.8 Å². The molecule has 27 heavy (non-hydrogen) atoms. The van der Waals surface area contributed by atoms with Gasteiger partial charge in [0.25, 0.3) is 0 Å². The SMILES string of the molecule is Cc1ccc(Nc2ncnc3scc(-c4ccc(C(C)C)cc4)c23)cc1C. The largest absolute Gasteiger partial charge is 0.340 e. The Balaban J connectivity index is 1.78. The van der Waals surface area contributed by atoms with Gasteiger partial charge in [0, 0.05) is 16.6 Å². The number of rotatable bonds is 4. The molecule has 0 fully saturated rings. The molecule has 0 aliphatic rings. The summed E-state index contributed by atoms with van der Waals surface area (Å²) in [7, 11) is 0. The third-order valence-corrected chi connectivity index (χ3v) is 5.91. The number of anilines is 2. The maximum atomic E-state index is 4.54. The second-order valence-corrected chi connectivity index (χ2v) is 8.11.